The molecule has 0 bridgehead atoms. The summed E-state index contributed by atoms with van der Waals surface area (Å²) in [6.45, 7) is 4.33. The molecule has 0 unspecified atom stereocenters. The fraction of sp³-hybridized carbons (Fsp3) is 0.320. The van der Waals surface area contributed by atoms with Crippen LogP contribution in [0.5, 0.6) is 0 Å². The second kappa shape index (κ2) is 8.12. The Morgan fingerprint density at radius 3 is 2.65 bits per heavy atom. The fourth-order valence-electron chi connectivity index (χ4n) is 4.48. The lowest BCUT2D eigenvalue weighted by molar-refractivity contribution is 0.0543. The summed E-state index contributed by atoms with van der Waals surface area (Å²) in [7, 11) is 2.00. The van der Waals surface area contributed by atoms with Gasteiger partial charge in [0.25, 0.3) is 0 Å². The number of imidazole rings is 1. The van der Waals surface area contributed by atoms with E-state index in [1.165, 1.54) is 5.56 Å². The zero-order valence-corrected chi connectivity index (χ0v) is 18.0. The first-order valence-electron chi connectivity index (χ1n) is 10.8. The molecule has 1 saturated heterocycles. The van der Waals surface area contributed by atoms with E-state index in [2.05, 4.69) is 68.8 Å². The first-order valence-corrected chi connectivity index (χ1v) is 10.8. The van der Waals surface area contributed by atoms with E-state index in [0.717, 1.165) is 66.5 Å². The molecule has 5 rings (SSSR count). The van der Waals surface area contributed by atoms with Crippen molar-refractivity contribution in [1.82, 2.24) is 19.5 Å². The molecule has 2 aromatic carbocycles. The summed E-state index contributed by atoms with van der Waals surface area (Å²) in [6, 6.07) is 19.1. The molecule has 0 aliphatic carbocycles. The van der Waals surface area contributed by atoms with E-state index in [4.69, 9.17) is 4.74 Å². The molecule has 6 heteroatoms. The zero-order valence-electron chi connectivity index (χ0n) is 18.0. The summed E-state index contributed by atoms with van der Waals surface area (Å²) in [5.41, 5.74) is 5.43. The summed E-state index contributed by atoms with van der Waals surface area (Å²) in [4.78, 5) is 13.8. The number of rotatable bonds is 5. The van der Waals surface area contributed by atoms with Gasteiger partial charge in [-0.2, -0.15) is 0 Å². The number of anilines is 1. The average molecular weight is 414 g/mol. The van der Waals surface area contributed by atoms with Gasteiger partial charge < -0.3 is 14.6 Å². The molecule has 6 nitrogen and oxygen atoms in total. The third-order valence-electron chi connectivity index (χ3n) is 6.30. The van der Waals surface area contributed by atoms with Crippen LogP contribution in [0.1, 0.15) is 24.2 Å². The van der Waals surface area contributed by atoms with E-state index in [0.29, 0.717) is 0 Å². The van der Waals surface area contributed by atoms with Gasteiger partial charge in [-0.3, -0.25) is 0 Å². The molecular formula is C25H27N5O. The molecule has 3 heterocycles. The first kappa shape index (κ1) is 19.7. The topological polar surface area (TPSA) is 64.9 Å². The number of aromatic nitrogens is 4. The molecule has 4 aromatic rings. The highest BCUT2D eigenvalue weighted by Gasteiger charge is 2.34. The van der Waals surface area contributed by atoms with E-state index in [9.17, 15) is 0 Å². The van der Waals surface area contributed by atoms with Crippen LogP contribution in [-0.4, -0.2) is 39.3 Å². The Morgan fingerprint density at radius 1 is 1.03 bits per heavy atom. The second-order valence-electron chi connectivity index (χ2n) is 8.36. The summed E-state index contributed by atoms with van der Waals surface area (Å²) < 4.78 is 7.69. The van der Waals surface area contributed by atoms with Crippen LogP contribution in [0.3, 0.4) is 0 Å². The molecule has 0 radical (unpaired) electrons. The fourth-order valence-corrected chi connectivity index (χ4v) is 4.48. The number of nitrogens with one attached hydrogen (secondary N) is 1. The Kier molecular flexibility index (Phi) is 5.16. The van der Waals surface area contributed by atoms with Gasteiger partial charge in [0.2, 0.25) is 0 Å². The van der Waals surface area contributed by atoms with Crippen molar-refractivity contribution >= 4 is 16.9 Å². The molecule has 0 saturated carbocycles. The van der Waals surface area contributed by atoms with Gasteiger partial charge in [0, 0.05) is 43.9 Å². The Morgan fingerprint density at radius 2 is 1.84 bits per heavy atom. The zero-order chi connectivity index (χ0) is 21.3. The minimum absolute atomic E-state index is 0.0470. The van der Waals surface area contributed by atoms with Crippen LogP contribution in [0, 0.1) is 6.92 Å². The predicted octanol–water partition coefficient (Wildman–Crippen LogP) is 4.50. The smallest absolute Gasteiger partial charge is 0.130 e. The number of fused-ring (bicyclic) bond motifs is 1. The molecule has 1 N–H and O–H groups in total. The standard InChI is InChI=1S/C25H27N5O/c1-18-28-21(19-8-9-23-22(14-19)27-17-30(23)2)15-24(29-18)26-16-25(10-12-31-13-11-25)20-6-4-3-5-7-20/h3-9,14-15,17H,10-13,16H2,1-2H3,(H,26,28,29). The van der Waals surface area contributed by atoms with E-state index >= 15 is 0 Å². The molecule has 1 fully saturated rings. The lowest BCUT2D eigenvalue weighted by atomic mass is 9.74. The maximum Gasteiger partial charge on any atom is 0.130 e. The maximum atomic E-state index is 5.67. The Hall–Kier alpha value is -3.25. The molecule has 2 aromatic heterocycles. The Balaban J connectivity index is 1.43. The molecule has 1 aliphatic heterocycles. The lowest BCUT2D eigenvalue weighted by Crippen LogP contribution is -2.40. The molecule has 0 amide bonds. The third-order valence-corrected chi connectivity index (χ3v) is 6.30. The summed E-state index contributed by atoms with van der Waals surface area (Å²) in [5.74, 6) is 1.60. The van der Waals surface area contributed by atoms with Gasteiger partial charge in [-0.25, -0.2) is 15.0 Å². The second-order valence-corrected chi connectivity index (χ2v) is 8.36. The van der Waals surface area contributed by atoms with Crippen LogP contribution >= 0.6 is 0 Å². The first-order chi connectivity index (χ1) is 15.1. The van der Waals surface area contributed by atoms with Crippen molar-refractivity contribution in [3.63, 3.8) is 0 Å². The molecule has 1 aliphatic rings. The van der Waals surface area contributed by atoms with Crippen LogP contribution in [-0.2, 0) is 17.2 Å². The van der Waals surface area contributed by atoms with Crippen molar-refractivity contribution < 1.29 is 4.74 Å². The van der Waals surface area contributed by atoms with Gasteiger partial charge >= 0.3 is 0 Å². The highest BCUT2D eigenvalue weighted by molar-refractivity contribution is 5.81. The van der Waals surface area contributed by atoms with Crippen molar-refractivity contribution in [2.75, 3.05) is 25.1 Å². The summed E-state index contributed by atoms with van der Waals surface area (Å²) in [6.07, 6.45) is 3.83. The van der Waals surface area contributed by atoms with Gasteiger partial charge in [0.1, 0.15) is 11.6 Å². The number of hydrogen-bond donors (Lipinski definition) is 1. The number of benzene rings is 2. The van der Waals surface area contributed by atoms with Gasteiger partial charge in [-0.05, 0) is 37.5 Å². The molecule has 158 valence electrons. The Labute approximate surface area is 182 Å². The average Bonchev–Trinajstić information content (AvgIpc) is 3.19. The highest BCUT2D eigenvalue weighted by Crippen LogP contribution is 2.35. The monoisotopic (exact) mass is 413 g/mol. The highest BCUT2D eigenvalue weighted by atomic mass is 16.5. The van der Waals surface area contributed by atoms with Crippen LogP contribution in [0.2, 0.25) is 0 Å². The Bertz CT molecular complexity index is 1200. The lowest BCUT2D eigenvalue weighted by Gasteiger charge is -2.38. The van der Waals surface area contributed by atoms with Gasteiger partial charge in [-0.15, -0.1) is 0 Å². The SMILES string of the molecule is Cc1nc(NCC2(c3ccccc3)CCOCC2)cc(-c2ccc3c(c2)ncn3C)n1. The molecular weight excluding hydrogens is 386 g/mol. The third kappa shape index (κ3) is 3.91. The van der Waals surface area contributed by atoms with E-state index in [1.54, 1.807) is 0 Å². The largest absolute Gasteiger partial charge is 0.381 e. The number of ether oxygens (including phenoxy) is 1. The van der Waals surface area contributed by atoms with Crippen molar-refractivity contribution in [1.29, 1.82) is 0 Å². The molecule has 31 heavy (non-hydrogen) atoms. The van der Waals surface area contributed by atoms with Crippen LogP contribution < -0.4 is 5.32 Å². The summed E-state index contributed by atoms with van der Waals surface area (Å²) in [5, 5.41) is 3.62. The van der Waals surface area contributed by atoms with Crippen molar-refractivity contribution in [3.8, 4) is 11.3 Å². The van der Waals surface area contributed by atoms with Crippen molar-refractivity contribution in [2.24, 2.45) is 7.05 Å². The van der Waals surface area contributed by atoms with Crippen LogP contribution in [0.25, 0.3) is 22.3 Å². The number of hydrogen-bond acceptors (Lipinski definition) is 5. The summed E-state index contributed by atoms with van der Waals surface area (Å²) >= 11 is 0. The quantitative estimate of drug-likeness (QED) is 0.522. The molecule has 0 spiro atoms. The predicted molar refractivity (Wildman–Crippen MR) is 123 cm³/mol. The van der Waals surface area contributed by atoms with Gasteiger partial charge in [0.05, 0.1) is 23.1 Å². The van der Waals surface area contributed by atoms with Crippen LogP contribution in [0.15, 0.2) is 60.9 Å². The normalized spacial score (nSPS) is 15.8. The van der Waals surface area contributed by atoms with Gasteiger partial charge in [0.15, 0.2) is 0 Å². The minimum atomic E-state index is 0.0470. The van der Waals surface area contributed by atoms with E-state index in [1.807, 2.05) is 30.9 Å². The van der Waals surface area contributed by atoms with Crippen LogP contribution in [0.4, 0.5) is 5.82 Å². The number of nitrogens with zero attached hydrogens (tertiary/aromatic N) is 4. The van der Waals surface area contributed by atoms with E-state index < -0.39 is 0 Å². The van der Waals surface area contributed by atoms with E-state index in [-0.39, 0.29) is 5.41 Å². The van der Waals surface area contributed by atoms with Crippen molar-refractivity contribution in [3.05, 3.63) is 72.3 Å². The van der Waals surface area contributed by atoms with Crippen molar-refractivity contribution in [2.45, 2.75) is 25.2 Å². The number of aryl methyl sites for hydroxylation is 2. The van der Waals surface area contributed by atoms with Gasteiger partial charge in [-0.1, -0.05) is 36.4 Å². The minimum Gasteiger partial charge on any atom is -0.381 e. The molecule has 0 atom stereocenters. The maximum absolute atomic E-state index is 5.67.